The van der Waals surface area contributed by atoms with Crippen molar-refractivity contribution in [2.75, 3.05) is 39.8 Å². The Morgan fingerprint density at radius 1 is 1.20 bits per heavy atom. The number of aromatic nitrogens is 2. The topological polar surface area (TPSA) is 109 Å². The standard InChI is InChI=1S/C24H29FN6O4/c1-15-27-20(21-11-18(35-29-21)14-30-6-8-31(9-7-30)16(2)32)12-22(28-15)24(33)26-13-17-4-5-19(25)23(10-17)34-3/h4-5,10,12,18H,6-9,11,13-14H2,1-3H3,(H,26,33). The molecule has 2 aliphatic rings. The molecule has 2 amide bonds. The van der Waals surface area contributed by atoms with Gasteiger partial charge in [-0.15, -0.1) is 0 Å². The number of hydrogen-bond acceptors (Lipinski definition) is 8. The molecule has 1 saturated heterocycles. The maximum atomic E-state index is 13.6. The van der Waals surface area contributed by atoms with Crippen molar-refractivity contribution in [1.29, 1.82) is 0 Å². The number of halogens is 1. The van der Waals surface area contributed by atoms with E-state index in [1.807, 2.05) is 4.90 Å². The van der Waals surface area contributed by atoms with Crippen molar-refractivity contribution in [2.45, 2.75) is 32.9 Å². The van der Waals surface area contributed by atoms with Crippen molar-refractivity contribution < 1.29 is 23.6 Å². The normalized spacial score (nSPS) is 18.1. The number of oxime groups is 1. The second kappa shape index (κ2) is 10.8. The van der Waals surface area contributed by atoms with E-state index >= 15 is 0 Å². The summed E-state index contributed by atoms with van der Waals surface area (Å²) in [5.41, 5.74) is 2.13. The van der Waals surface area contributed by atoms with Crippen LogP contribution in [0.1, 0.15) is 40.9 Å². The zero-order valence-corrected chi connectivity index (χ0v) is 20.1. The number of rotatable bonds is 7. The number of aryl methyl sites for hydroxylation is 1. The van der Waals surface area contributed by atoms with Crippen molar-refractivity contribution in [3.63, 3.8) is 0 Å². The summed E-state index contributed by atoms with van der Waals surface area (Å²) in [6.45, 7) is 7.22. The van der Waals surface area contributed by atoms with Gasteiger partial charge >= 0.3 is 0 Å². The van der Waals surface area contributed by atoms with Crippen LogP contribution in [0.4, 0.5) is 4.39 Å². The Morgan fingerprint density at radius 2 is 1.97 bits per heavy atom. The third kappa shape index (κ3) is 6.10. The molecule has 0 aliphatic carbocycles. The fraction of sp³-hybridized carbons (Fsp3) is 0.458. The summed E-state index contributed by atoms with van der Waals surface area (Å²) in [4.78, 5) is 42.7. The molecule has 1 atom stereocenters. The molecule has 0 bridgehead atoms. The van der Waals surface area contributed by atoms with Crippen LogP contribution in [0, 0.1) is 12.7 Å². The van der Waals surface area contributed by atoms with Crippen molar-refractivity contribution >= 4 is 17.5 Å². The molecule has 2 aliphatic heterocycles. The molecule has 4 rings (SSSR count). The van der Waals surface area contributed by atoms with Crippen molar-refractivity contribution in [3.8, 4) is 5.75 Å². The average Bonchev–Trinajstić information content (AvgIpc) is 3.31. The number of methoxy groups -OCH3 is 1. The molecule has 1 N–H and O–H groups in total. The molecule has 1 aromatic heterocycles. The summed E-state index contributed by atoms with van der Waals surface area (Å²) in [6, 6.07) is 6.02. The van der Waals surface area contributed by atoms with Gasteiger partial charge in [-0.3, -0.25) is 14.5 Å². The van der Waals surface area contributed by atoms with Gasteiger partial charge in [0.05, 0.1) is 12.8 Å². The predicted molar refractivity (Wildman–Crippen MR) is 126 cm³/mol. The van der Waals surface area contributed by atoms with Gasteiger partial charge in [0.1, 0.15) is 23.3 Å². The number of piperazine rings is 1. The summed E-state index contributed by atoms with van der Waals surface area (Å²) < 4.78 is 18.6. The number of nitrogens with zero attached hydrogens (tertiary/aromatic N) is 5. The summed E-state index contributed by atoms with van der Waals surface area (Å²) in [6.07, 6.45) is 0.453. The fourth-order valence-corrected chi connectivity index (χ4v) is 4.13. The van der Waals surface area contributed by atoms with E-state index in [2.05, 4.69) is 25.3 Å². The third-order valence-corrected chi connectivity index (χ3v) is 6.05. The number of nitrogens with one attached hydrogen (secondary N) is 1. The molecule has 186 valence electrons. The zero-order chi connectivity index (χ0) is 24.9. The van der Waals surface area contributed by atoms with Crippen LogP contribution in [-0.2, 0) is 16.2 Å². The largest absolute Gasteiger partial charge is 0.494 e. The summed E-state index contributed by atoms with van der Waals surface area (Å²) in [5.74, 6) is -0.174. The first-order chi connectivity index (χ1) is 16.8. The molecule has 11 heteroatoms. The molecule has 1 aromatic carbocycles. The summed E-state index contributed by atoms with van der Waals surface area (Å²) in [7, 11) is 1.39. The maximum Gasteiger partial charge on any atom is 0.270 e. The number of amides is 2. The van der Waals surface area contributed by atoms with E-state index in [1.54, 1.807) is 26.0 Å². The lowest BCUT2D eigenvalue weighted by molar-refractivity contribution is -0.130. The lowest BCUT2D eigenvalue weighted by atomic mass is 10.1. The number of carbonyl (C=O) groups excluding carboxylic acids is 2. The van der Waals surface area contributed by atoms with E-state index < -0.39 is 5.82 Å². The quantitative estimate of drug-likeness (QED) is 0.635. The minimum atomic E-state index is -0.463. The van der Waals surface area contributed by atoms with E-state index in [1.165, 1.54) is 19.2 Å². The van der Waals surface area contributed by atoms with Gasteiger partial charge in [-0.25, -0.2) is 14.4 Å². The predicted octanol–water partition coefficient (Wildman–Crippen LogP) is 1.52. The molecular weight excluding hydrogens is 455 g/mol. The number of carbonyl (C=O) groups is 2. The smallest absolute Gasteiger partial charge is 0.270 e. The first-order valence-electron chi connectivity index (χ1n) is 11.5. The van der Waals surface area contributed by atoms with Crippen LogP contribution in [0.15, 0.2) is 29.4 Å². The molecule has 0 radical (unpaired) electrons. The number of hydrogen-bond donors (Lipinski definition) is 1. The number of benzene rings is 1. The molecule has 2 aromatic rings. The van der Waals surface area contributed by atoms with Crippen LogP contribution < -0.4 is 10.1 Å². The van der Waals surface area contributed by atoms with E-state index in [0.29, 0.717) is 48.8 Å². The molecule has 3 heterocycles. The highest BCUT2D eigenvalue weighted by Crippen LogP contribution is 2.19. The van der Waals surface area contributed by atoms with Crippen LogP contribution in [-0.4, -0.2) is 83.2 Å². The van der Waals surface area contributed by atoms with E-state index in [0.717, 1.165) is 13.1 Å². The van der Waals surface area contributed by atoms with Crippen LogP contribution >= 0.6 is 0 Å². The Labute approximate surface area is 203 Å². The van der Waals surface area contributed by atoms with Gasteiger partial charge in [-0.2, -0.15) is 0 Å². The van der Waals surface area contributed by atoms with Gasteiger partial charge in [-0.1, -0.05) is 11.2 Å². The minimum Gasteiger partial charge on any atom is -0.494 e. The van der Waals surface area contributed by atoms with E-state index in [9.17, 15) is 14.0 Å². The molecule has 10 nitrogen and oxygen atoms in total. The highest BCUT2D eigenvalue weighted by Gasteiger charge is 2.28. The molecule has 1 unspecified atom stereocenters. The Hall–Kier alpha value is -3.60. The monoisotopic (exact) mass is 484 g/mol. The van der Waals surface area contributed by atoms with Crippen LogP contribution in [0.25, 0.3) is 0 Å². The van der Waals surface area contributed by atoms with Gasteiger partial charge in [0, 0.05) is 52.6 Å². The molecule has 1 fully saturated rings. The minimum absolute atomic E-state index is 0.101. The summed E-state index contributed by atoms with van der Waals surface area (Å²) in [5, 5.41) is 7.01. The third-order valence-electron chi connectivity index (χ3n) is 6.05. The molecule has 35 heavy (non-hydrogen) atoms. The van der Waals surface area contributed by atoms with Crippen molar-refractivity contribution in [1.82, 2.24) is 25.1 Å². The first kappa shape index (κ1) is 24.5. The highest BCUT2D eigenvalue weighted by molar-refractivity contribution is 6.01. The van der Waals surface area contributed by atoms with E-state index in [-0.39, 0.29) is 35.9 Å². The van der Waals surface area contributed by atoms with Gasteiger partial charge < -0.3 is 19.8 Å². The van der Waals surface area contributed by atoms with Crippen LogP contribution in [0.2, 0.25) is 0 Å². The van der Waals surface area contributed by atoms with Crippen LogP contribution in [0.5, 0.6) is 5.75 Å². The fourth-order valence-electron chi connectivity index (χ4n) is 4.13. The van der Waals surface area contributed by atoms with Gasteiger partial charge in [0.2, 0.25) is 5.91 Å². The van der Waals surface area contributed by atoms with Gasteiger partial charge in [0.25, 0.3) is 5.91 Å². The Morgan fingerprint density at radius 3 is 2.69 bits per heavy atom. The average molecular weight is 485 g/mol. The Balaban J connectivity index is 1.34. The zero-order valence-electron chi connectivity index (χ0n) is 20.1. The second-order valence-corrected chi connectivity index (χ2v) is 8.61. The van der Waals surface area contributed by atoms with Gasteiger partial charge in [0.15, 0.2) is 11.6 Å². The SMILES string of the molecule is COc1cc(CNC(=O)c2cc(C3=NOC(CN4CCN(C(C)=O)CC4)C3)nc(C)n2)ccc1F. The Kier molecular flexibility index (Phi) is 7.54. The highest BCUT2D eigenvalue weighted by atomic mass is 19.1. The second-order valence-electron chi connectivity index (χ2n) is 8.61. The lowest BCUT2D eigenvalue weighted by Gasteiger charge is -2.34. The Bertz CT molecular complexity index is 1130. The molecule has 0 spiro atoms. The lowest BCUT2D eigenvalue weighted by Crippen LogP contribution is -2.49. The van der Waals surface area contributed by atoms with Crippen LogP contribution in [0.3, 0.4) is 0 Å². The van der Waals surface area contributed by atoms with Gasteiger partial charge in [-0.05, 0) is 30.7 Å². The number of ether oxygens (including phenoxy) is 1. The molecule has 0 saturated carbocycles. The summed E-state index contributed by atoms with van der Waals surface area (Å²) >= 11 is 0. The molecular formula is C24H29FN6O4. The first-order valence-corrected chi connectivity index (χ1v) is 11.5. The van der Waals surface area contributed by atoms with E-state index in [4.69, 9.17) is 9.57 Å². The van der Waals surface area contributed by atoms with Crippen molar-refractivity contribution in [2.24, 2.45) is 5.16 Å². The maximum absolute atomic E-state index is 13.6. The van der Waals surface area contributed by atoms with Crippen molar-refractivity contribution in [3.05, 3.63) is 52.9 Å².